The second-order valence-electron chi connectivity index (χ2n) is 4.99. The maximum Gasteiger partial charge on any atom is 0.335 e. The zero-order chi connectivity index (χ0) is 15.6. The Bertz CT molecular complexity index is 296. The molecule has 0 radical (unpaired) electrons. The zero-order valence-electron chi connectivity index (χ0n) is 12.8. The third kappa shape index (κ3) is 9.71. The lowest BCUT2D eigenvalue weighted by atomic mass is 10.2. The average molecular weight is 292 g/mol. The van der Waals surface area contributed by atoms with Gasteiger partial charge in [0.2, 0.25) is 0 Å². The van der Waals surface area contributed by atoms with E-state index < -0.39 is 23.6 Å². The zero-order valence-corrected chi connectivity index (χ0v) is 12.8. The van der Waals surface area contributed by atoms with E-state index in [-0.39, 0.29) is 13.2 Å². The first kappa shape index (κ1) is 18.8. The van der Waals surface area contributed by atoms with Crippen LogP contribution >= 0.6 is 0 Å². The van der Waals surface area contributed by atoms with Gasteiger partial charge in [0.05, 0.1) is 26.7 Å². The highest BCUT2D eigenvalue weighted by molar-refractivity contribution is 5.81. The molecule has 0 bridgehead atoms. The smallest absolute Gasteiger partial charge is 0.335 e. The highest BCUT2D eigenvalue weighted by atomic mass is 16.7. The van der Waals surface area contributed by atoms with Gasteiger partial charge in [-0.3, -0.25) is 4.79 Å². The van der Waals surface area contributed by atoms with Crippen molar-refractivity contribution in [2.75, 3.05) is 34.2 Å². The van der Waals surface area contributed by atoms with Crippen molar-refractivity contribution in [2.45, 2.75) is 38.9 Å². The second kappa shape index (κ2) is 9.68. The molecule has 0 spiro atoms. The van der Waals surface area contributed by atoms with Crippen LogP contribution in [0.25, 0.3) is 0 Å². The topological polar surface area (TPSA) is 80.3 Å². The van der Waals surface area contributed by atoms with E-state index in [0.717, 1.165) is 0 Å². The number of ether oxygens (including phenoxy) is 5. The molecule has 0 unspecified atom stereocenters. The van der Waals surface area contributed by atoms with E-state index >= 15 is 0 Å². The van der Waals surface area contributed by atoms with E-state index in [4.69, 9.17) is 18.9 Å². The fraction of sp³-hybridized carbons (Fsp3) is 0.846. The molecule has 7 heteroatoms. The lowest BCUT2D eigenvalue weighted by Gasteiger charge is -2.21. The summed E-state index contributed by atoms with van der Waals surface area (Å²) in [6.07, 6.45) is -1.27. The third-order valence-electron chi connectivity index (χ3n) is 2.02. The molecule has 0 aliphatic heterocycles. The normalized spacial score (nSPS) is 12.8. The van der Waals surface area contributed by atoms with Crippen molar-refractivity contribution in [3.8, 4) is 0 Å². The lowest BCUT2D eigenvalue weighted by molar-refractivity contribution is -0.175. The van der Waals surface area contributed by atoms with Crippen LogP contribution < -0.4 is 0 Å². The van der Waals surface area contributed by atoms with Gasteiger partial charge in [0, 0.05) is 7.11 Å². The molecule has 0 aromatic rings. The molecule has 20 heavy (non-hydrogen) atoms. The molecule has 0 N–H and O–H groups in total. The van der Waals surface area contributed by atoms with Crippen LogP contribution in [0.1, 0.15) is 27.2 Å². The third-order valence-corrected chi connectivity index (χ3v) is 2.02. The van der Waals surface area contributed by atoms with Gasteiger partial charge in [-0.05, 0) is 20.8 Å². The van der Waals surface area contributed by atoms with Crippen LogP contribution in [0, 0.1) is 0 Å². The van der Waals surface area contributed by atoms with Gasteiger partial charge >= 0.3 is 11.9 Å². The van der Waals surface area contributed by atoms with E-state index in [1.54, 1.807) is 27.9 Å². The quantitative estimate of drug-likeness (QED) is 0.355. The summed E-state index contributed by atoms with van der Waals surface area (Å²) in [4.78, 5) is 23.2. The molecular formula is C13H24O7. The summed E-state index contributed by atoms with van der Waals surface area (Å²) in [6, 6.07) is 0. The maximum absolute atomic E-state index is 11.7. The Morgan fingerprint density at radius 2 is 1.75 bits per heavy atom. The molecule has 0 aliphatic carbocycles. The molecule has 0 heterocycles. The van der Waals surface area contributed by atoms with Gasteiger partial charge in [-0.1, -0.05) is 0 Å². The number of esters is 2. The number of hydrogen-bond acceptors (Lipinski definition) is 7. The molecule has 0 aliphatic rings. The van der Waals surface area contributed by atoms with E-state index in [0.29, 0.717) is 13.2 Å². The summed E-state index contributed by atoms with van der Waals surface area (Å²) in [6.45, 7) is 5.84. The van der Waals surface area contributed by atoms with Crippen LogP contribution in [-0.2, 0) is 33.3 Å². The Balaban J connectivity index is 4.22. The van der Waals surface area contributed by atoms with E-state index in [2.05, 4.69) is 4.74 Å². The molecule has 0 saturated heterocycles. The van der Waals surface area contributed by atoms with Gasteiger partial charge in [-0.2, -0.15) is 0 Å². The number of hydrogen-bond donors (Lipinski definition) is 0. The molecule has 0 rings (SSSR count). The second-order valence-corrected chi connectivity index (χ2v) is 4.99. The summed E-state index contributed by atoms with van der Waals surface area (Å²) >= 11 is 0. The van der Waals surface area contributed by atoms with Crippen LogP contribution in [0.3, 0.4) is 0 Å². The summed E-state index contributed by atoms with van der Waals surface area (Å²) in [5, 5.41) is 0. The number of rotatable bonds is 9. The minimum absolute atomic E-state index is 0.133. The van der Waals surface area contributed by atoms with Crippen molar-refractivity contribution in [2.24, 2.45) is 0 Å². The van der Waals surface area contributed by atoms with Crippen molar-refractivity contribution in [1.82, 2.24) is 0 Å². The summed E-state index contributed by atoms with van der Waals surface area (Å²) in [5.41, 5.74) is -0.618. The van der Waals surface area contributed by atoms with Gasteiger partial charge in [0.15, 0.2) is 6.10 Å². The molecular weight excluding hydrogens is 268 g/mol. The fourth-order valence-electron chi connectivity index (χ4n) is 1.21. The van der Waals surface area contributed by atoms with E-state index in [9.17, 15) is 9.59 Å². The van der Waals surface area contributed by atoms with Gasteiger partial charge < -0.3 is 23.7 Å². The Labute approximate surface area is 119 Å². The first-order valence-corrected chi connectivity index (χ1v) is 6.28. The molecule has 0 saturated carbocycles. The highest BCUT2D eigenvalue weighted by Gasteiger charge is 2.26. The van der Waals surface area contributed by atoms with Crippen LogP contribution in [0.2, 0.25) is 0 Å². The molecule has 0 fully saturated rings. The summed E-state index contributed by atoms with van der Waals surface area (Å²) in [5.74, 6) is -1.18. The average Bonchev–Trinajstić information content (AvgIpc) is 2.34. The predicted octanol–water partition coefficient (Wildman–Crippen LogP) is 0.897. The molecule has 7 nitrogen and oxygen atoms in total. The van der Waals surface area contributed by atoms with Crippen molar-refractivity contribution < 1.29 is 33.3 Å². The first-order valence-electron chi connectivity index (χ1n) is 6.28. The number of carbonyl (C=O) groups is 2. The molecule has 0 aromatic heterocycles. The minimum atomic E-state index is -1.04. The minimum Gasteiger partial charge on any atom is -0.467 e. The first-order chi connectivity index (χ1) is 9.30. The SMILES string of the molecule is COCCOCO[C@@H](CC(=O)OC(C)(C)C)C(=O)OC. The Morgan fingerprint density at radius 1 is 1.10 bits per heavy atom. The van der Waals surface area contributed by atoms with E-state index in [1.165, 1.54) is 7.11 Å². The molecule has 0 amide bonds. The Hall–Kier alpha value is -1.18. The van der Waals surface area contributed by atoms with Crippen molar-refractivity contribution in [3.63, 3.8) is 0 Å². The monoisotopic (exact) mass is 292 g/mol. The summed E-state index contributed by atoms with van der Waals surface area (Å²) in [7, 11) is 2.77. The van der Waals surface area contributed by atoms with Gasteiger partial charge in [0.1, 0.15) is 12.4 Å². The van der Waals surface area contributed by atoms with Gasteiger partial charge in [0.25, 0.3) is 0 Å². The van der Waals surface area contributed by atoms with Crippen LogP contribution in [0.15, 0.2) is 0 Å². The lowest BCUT2D eigenvalue weighted by Crippen LogP contribution is -2.33. The fourth-order valence-corrected chi connectivity index (χ4v) is 1.21. The van der Waals surface area contributed by atoms with Gasteiger partial charge in [-0.15, -0.1) is 0 Å². The van der Waals surface area contributed by atoms with E-state index in [1.807, 2.05) is 0 Å². The van der Waals surface area contributed by atoms with Crippen molar-refractivity contribution in [3.05, 3.63) is 0 Å². The summed E-state index contributed by atoms with van der Waals surface area (Å²) < 4.78 is 24.7. The molecule has 118 valence electrons. The van der Waals surface area contributed by atoms with Crippen molar-refractivity contribution >= 4 is 11.9 Å². The van der Waals surface area contributed by atoms with Crippen LogP contribution in [0.5, 0.6) is 0 Å². The Morgan fingerprint density at radius 3 is 2.25 bits per heavy atom. The van der Waals surface area contributed by atoms with Crippen LogP contribution in [-0.4, -0.2) is 57.9 Å². The maximum atomic E-state index is 11.7. The van der Waals surface area contributed by atoms with Crippen LogP contribution in [0.4, 0.5) is 0 Å². The largest absolute Gasteiger partial charge is 0.467 e. The predicted molar refractivity (Wildman–Crippen MR) is 70.0 cm³/mol. The molecule has 0 aromatic carbocycles. The molecule has 1 atom stereocenters. The Kier molecular flexibility index (Phi) is 9.11. The van der Waals surface area contributed by atoms with Gasteiger partial charge in [-0.25, -0.2) is 4.79 Å². The standard InChI is InChI=1S/C13H24O7/c1-13(2,3)20-11(14)8-10(12(15)17-5)19-9-18-7-6-16-4/h10H,6-9H2,1-5H3/t10-/m0/s1. The van der Waals surface area contributed by atoms with Crippen molar-refractivity contribution in [1.29, 1.82) is 0 Å². The number of carbonyl (C=O) groups excluding carboxylic acids is 2. The number of methoxy groups -OCH3 is 2. The highest BCUT2D eigenvalue weighted by Crippen LogP contribution is 2.11.